The van der Waals surface area contributed by atoms with Crippen molar-refractivity contribution in [1.82, 2.24) is 0 Å². The Labute approximate surface area is 94.6 Å². The third kappa shape index (κ3) is 3.52. The van der Waals surface area contributed by atoms with Crippen molar-refractivity contribution in [1.29, 1.82) is 0 Å². The van der Waals surface area contributed by atoms with E-state index in [2.05, 4.69) is 15.9 Å². The first-order valence-electron chi connectivity index (χ1n) is 4.70. The lowest BCUT2D eigenvalue weighted by molar-refractivity contribution is -0.134. The fourth-order valence-corrected chi connectivity index (χ4v) is 2.25. The molecule has 3 heteroatoms. The fraction of sp³-hybridized carbons (Fsp3) is 0.818. The average Bonchev–Trinajstić information content (AvgIpc) is 1.97. The van der Waals surface area contributed by atoms with Gasteiger partial charge in [-0.05, 0) is 0 Å². The molecule has 0 fully saturated rings. The van der Waals surface area contributed by atoms with E-state index in [9.17, 15) is 9.59 Å². The number of hydrogen-bond acceptors (Lipinski definition) is 2. The van der Waals surface area contributed by atoms with Gasteiger partial charge in [0.25, 0.3) is 0 Å². The molecular formula is C11H19BrO2. The molecule has 14 heavy (non-hydrogen) atoms. The minimum atomic E-state index is -0.678. The van der Waals surface area contributed by atoms with E-state index in [0.717, 1.165) is 0 Å². The second-order valence-corrected chi connectivity index (χ2v) is 6.51. The number of ketones is 2. The number of hydrogen-bond donors (Lipinski definition) is 0. The second kappa shape index (κ2) is 4.13. The highest BCUT2D eigenvalue weighted by Gasteiger charge is 2.37. The van der Waals surface area contributed by atoms with Crippen LogP contribution in [0.4, 0.5) is 0 Å². The third-order valence-corrected chi connectivity index (χ3v) is 2.77. The number of alkyl halides is 1. The zero-order valence-electron chi connectivity index (χ0n) is 9.77. The normalized spacial score (nSPS) is 13.1. The predicted molar refractivity (Wildman–Crippen MR) is 61.6 cm³/mol. The molecule has 0 aliphatic rings. The van der Waals surface area contributed by atoms with Crippen LogP contribution >= 0.6 is 15.9 Å². The van der Waals surface area contributed by atoms with Crippen molar-refractivity contribution in [2.24, 2.45) is 10.8 Å². The molecule has 2 nitrogen and oxygen atoms in total. The summed E-state index contributed by atoms with van der Waals surface area (Å²) in [4.78, 5) is 22.9. The van der Waals surface area contributed by atoms with Crippen LogP contribution in [0.3, 0.4) is 0 Å². The molecule has 0 rings (SSSR count). The van der Waals surface area contributed by atoms with E-state index in [1.165, 1.54) is 0 Å². The first-order valence-corrected chi connectivity index (χ1v) is 5.62. The second-order valence-electron chi connectivity index (χ2n) is 5.59. The maximum Gasteiger partial charge on any atom is 0.159 e. The van der Waals surface area contributed by atoms with Crippen molar-refractivity contribution in [2.75, 3.05) is 0 Å². The van der Waals surface area contributed by atoms with Crippen LogP contribution in [0.2, 0.25) is 0 Å². The van der Waals surface area contributed by atoms with Gasteiger partial charge in [-0.2, -0.15) is 0 Å². The predicted octanol–water partition coefficient (Wildman–Crippen LogP) is 2.98. The van der Waals surface area contributed by atoms with Gasteiger partial charge in [-0.25, -0.2) is 0 Å². The number of Topliss-reactive ketones (excluding diaryl/α,β-unsaturated/α-hetero) is 2. The van der Waals surface area contributed by atoms with Crippen molar-refractivity contribution in [3.8, 4) is 0 Å². The summed E-state index contributed by atoms with van der Waals surface area (Å²) in [7, 11) is 0. The number of carbonyl (C=O) groups excluding carboxylic acids is 2. The lowest BCUT2D eigenvalue weighted by atomic mass is 9.81. The molecule has 0 radical (unpaired) electrons. The van der Waals surface area contributed by atoms with Gasteiger partial charge in [0.1, 0.15) is 4.83 Å². The molecule has 0 heterocycles. The molecule has 0 bridgehead atoms. The summed E-state index contributed by atoms with van der Waals surface area (Å²) in [5.41, 5.74) is -0.954. The van der Waals surface area contributed by atoms with E-state index in [1.54, 1.807) is 0 Å². The molecule has 0 aromatic carbocycles. The van der Waals surface area contributed by atoms with Gasteiger partial charge in [0, 0.05) is 10.8 Å². The van der Waals surface area contributed by atoms with Crippen molar-refractivity contribution >= 4 is 27.5 Å². The zero-order valence-corrected chi connectivity index (χ0v) is 11.4. The van der Waals surface area contributed by atoms with Crippen LogP contribution < -0.4 is 0 Å². The van der Waals surface area contributed by atoms with Gasteiger partial charge in [-0.3, -0.25) is 9.59 Å². The lowest BCUT2D eigenvalue weighted by Gasteiger charge is -2.25. The van der Waals surface area contributed by atoms with E-state index in [4.69, 9.17) is 0 Å². The van der Waals surface area contributed by atoms with Gasteiger partial charge in [0.05, 0.1) is 0 Å². The molecule has 0 saturated carbocycles. The third-order valence-electron chi connectivity index (χ3n) is 1.94. The first-order chi connectivity index (χ1) is 5.98. The summed E-state index contributed by atoms with van der Waals surface area (Å²) in [6.45, 7) is 10.9. The summed E-state index contributed by atoms with van der Waals surface area (Å²) in [6, 6.07) is 0. The van der Waals surface area contributed by atoms with Gasteiger partial charge in [0.15, 0.2) is 11.6 Å². The number of carbonyl (C=O) groups is 2. The van der Waals surface area contributed by atoms with Crippen LogP contribution in [0.15, 0.2) is 0 Å². The highest BCUT2D eigenvalue weighted by Crippen LogP contribution is 2.27. The molecule has 0 atom stereocenters. The van der Waals surface area contributed by atoms with Crippen LogP contribution in [0.1, 0.15) is 41.5 Å². The van der Waals surface area contributed by atoms with E-state index >= 15 is 0 Å². The zero-order chi connectivity index (χ0) is 11.7. The molecule has 0 saturated heterocycles. The van der Waals surface area contributed by atoms with E-state index in [-0.39, 0.29) is 11.6 Å². The lowest BCUT2D eigenvalue weighted by Crippen LogP contribution is -2.39. The molecular weight excluding hydrogens is 244 g/mol. The number of rotatable bonds is 2. The van der Waals surface area contributed by atoms with Crippen LogP contribution in [0.25, 0.3) is 0 Å². The van der Waals surface area contributed by atoms with Crippen LogP contribution in [-0.4, -0.2) is 16.4 Å². The van der Waals surface area contributed by atoms with Crippen LogP contribution in [0, 0.1) is 10.8 Å². The first kappa shape index (κ1) is 13.8. The highest BCUT2D eigenvalue weighted by molar-refractivity contribution is 9.10. The smallest absolute Gasteiger partial charge is 0.159 e. The Balaban J connectivity index is 4.74. The van der Waals surface area contributed by atoms with Crippen molar-refractivity contribution in [3.63, 3.8) is 0 Å². The molecule has 0 aliphatic heterocycles. The van der Waals surface area contributed by atoms with Crippen molar-refractivity contribution in [3.05, 3.63) is 0 Å². The van der Waals surface area contributed by atoms with Gasteiger partial charge >= 0.3 is 0 Å². The minimum Gasteiger partial charge on any atom is -0.297 e. The molecule has 0 N–H and O–H groups in total. The maximum absolute atomic E-state index is 11.8. The highest BCUT2D eigenvalue weighted by atomic mass is 79.9. The molecule has 0 aliphatic carbocycles. The van der Waals surface area contributed by atoms with E-state index in [1.807, 2.05) is 41.5 Å². The quantitative estimate of drug-likeness (QED) is 0.567. The summed E-state index contributed by atoms with van der Waals surface area (Å²) in [6.07, 6.45) is 0. The van der Waals surface area contributed by atoms with Gasteiger partial charge in [-0.15, -0.1) is 0 Å². The summed E-state index contributed by atoms with van der Waals surface area (Å²) in [5, 5.41) is 0. The maximum atomic E-state index is 11.8. The number of halogens is 1. The molecule has 0 amide bonds. The molecule has 0 aromatic heterocycles. The summed E-state index contributed by atoms with van der Waals surface area (Å²) in [5.74, 6) is -0.116. The Morgan fingerprint density at radius 1 is 0.857 bits per heavy atom. The standard InChI is InChI=1S/C11H19BrO2/c1-10(2,3)8(13)7(12)9(14)11(4,5)6/h7H,1-6H3. The Kier molecular flexibility index (Phi) is 4.08. The van der Waals surface area contributed by atoms with Crippen molar-refractivity contribution in [2.45, 2.75) is 46.4 Å². The fourth-order valence-electron chi connectivity index (χ4n) is 0.879. The van der Waals surface area contributed by atoms with Gasteiger partial charge in [0.2, 0.25) is 0 Å². The summed E-state index contributed by atoms with van der Waals surface area (Å²) >= 11 is 3.18. The summed E-state index contributed by atoms with van der Waals surface area (Å²) < 4.78 is 0. The van der Waals surface area contributed by atoms with E-state index in [0.29, 0.717) is 0 Å². The SMILES string of the molecule is CC(C)(C)C(=O)C(Br)C(=O)C(C)(C)C. The Bertz CT molecular complexity index is 217. The Hall–Kier alpha value is -0.180. The average molecular weight is 263 g/mol. The molecule has 0 aromatic rings. The Morgan fingerprint density at radius 2 is 1.07 bits per heavy atom. The van der Waals surface area contributed by atoms with E-state index < -0.39 is 15.7 Å². The topological polar surface area (TPSA) is 34.1 Å². The van der Waals surface area contributed by atoms with Gasteiger partial charge in [-0.1, -0.05) is 57.5 Å². The molecule has 0 spiro atoms. The van der Waals surface area contributed by atoms with Crippen LogP contribution in [0.5, 0.6) is 0 Å². The Morgan fingerprint density at radius 3 is 1.21 bits per heavy atom. The minimum absolute atomic E-state index is 0.0579. The molecule has 82 valence electrons. The monoisotopic (exact) mass is 262 g/mol. The van der Waals surface area contributed by atoms with Gasteiger partial charge < -0.3 is 0 Å². The van der Waals surface area contributed by atoms with Crippen molar-refractivity contribution < 1.29 is 9.59 Å². The largest absolute Gasteiger partial charge is 0.297 e. The molecule has 0 unspecified atom stereocenters. The van der Waals surface area contributed by atoms with Crippen LogP contribution in [-0.2, 0) is 9.59 Å².